The van der Waals surface area contributed by atoms with Gasteiger partial charge in [0, 0.05) is 19.4 Å². The van der Waals surface area contributed by atoms with Crippen LogP contribution in [0.4, 0.5) is 0 Å². The van der Waals surface area contributed by atoms with Crippen LogP contribution < -0.4 is 0 Å². The van der Waals surface area contributed by atoms with Crippen LogP contribution in [-0.4, -0.2) is 60.4 Å². The molecule has 6 nitrogen and oxygen atoms in total. The molecule has 1 N–H and O–H groups in total. The van der Waals surface area contributed by atoms with Crippen molar-refractivity contribution in [1.29, 1.82) is 0 Å². The summed E-state index contributed by atoms with van der Waals surface area (Å²) in [6, 6.07) is 0. The van der Waals surface area contributed by atoms with Crippen molar-refractivity contribution in [2.24, 2.45) is 5.92 Å². The highest BCUT2D eigenvalue weighted by Gasteiger charge is 2.33. The predicted octanol–water partition coefficient (Wildman–Crippen LogP) is 11.9. The molecule has 1 aliphatic rings. The molecule has 0 aliphatic heterocycles. The van der Waals surface area contributed by atoms with Crippen LogP contribution in [0.5, 0.6) is 0 Å². The van der Waals surface area contributed by atoms with Gasteiger partial charge in [-0.25, -0.2) is 0 Å². The van der Waals surface area contributed by atoms with Gasteiger partial charge in [-0.3, -0.25) is 9.59 Å². The van der Waals surface area contributed by atoms with Crippen molar-refractivity contribution in [3.63, 3.8) is 0 Å². The third-order valence-corrected chi connectivity index (χ3v) is 10.5. The minimum Gasteiger partial charge on any atom is -0.462 e. The summed E-state index contributed by atoms with van der Waals surface area (Å²) in [6.07, 6.45) is 35.6. The van der Waals surface area contributed by atoms with E-state index in [2.05, 4.69) is 25.7 Å². The zero-order valence-corrected chi connectivity index (χ0v) is 33.0. The number of esters is 2. The maximum absolute atomic E-state index is 12.7. The van der Waals surface area contributed by atoms with Crippen LogP contribution in [0.25, 0.3) is 0 Å². The molecule has 0 spiro atoms. The molecule has 0 radical (unpaired) electrons. The molecule has 49 heavy (non-hydrogen) atoms. The molecule has 290 valence electrons. The first kappa shape index (κ1) is 45.9. The van der Waals surface area contributed by atoms with Crippen molar-refractivity contribution in [3.8, 4) is 0 Å². The van der Waals surface area contributed by atoms with E-state index in [9.17, 15) is 14.7 Å². The first-order chi connectivity index (χ1) is 24.0. The molecule has 0 aromatic rings. The fourth-order valence-electron chi connectivity index (χ4n) is 7.06. The molecule has 1 atom stereocenters. The summed E-state index contributed by atoms with van der Waals surface area (Å²) in [7, 11) is 0. The molecule has 1 saturated carbocycles. The van der Waals surface area contributed by atoms with Crippen molar-refractivity contribution in [2.75, 3.05) is 26.2 Å². The van der Waals surface area contributed by atoms with Crippen LogP contribution in [0.2, 0.25) is 0 Å². The molecule has 0 amide bonds. The standard InChI is InChI=1S/C43H83NO5/c1-4-7-10-13-16-21-28-40(29-22-17-14-11-8-5-2)48-42(46)31-24-18-15-19-26-35-44(37-38-45)36-27-20-25-32-43(47)49-41(39-33-34-39)30-23-12-9-6-3/h39-41,45H,4-38H2,1-3H3. The first-order valence-electron chi connectivity index (χ1n) is 21.8. The van der Waals surface area contributed by atoms with Gasteiger partial charge in [0.05, 0.1) is 6.61 Å². The Morgan fingerprint density at radius 3 is 1.45 bits per heavy atom. The molecule has 1 rings (SSSR count). The van der Waals surface area contributed by atoms with E-state index in [1.54, 1.807) is 0 Å². The SMILES string of the molecule is CCCCCCCCC(CCCCCCCC)OC(=O)CCCCCCCN(CCO)CCCCCC(=O)OC(CCCCCC)C1CC1. The lowest BCUT2D eigenvalue weighted by molar-refractivity contribution is -0.151. The zero-order chi connectivity index (χ0) is 35.6. The number of carbonyl (C=O) groups is 2. The highest BCUT2D eigenvalue weighted by atomic mass is 16.5. The lowest BCUT2D eigenvalue weighted by Gasteiger charge is -2.21. The normalized spacial score (nSPS) is 13.8. The molecule has 0 heterocycles. The number of unbranched alkanes of at least 4 members (excludes halogenated alkanes) is 19. The number of hydrogen-bond donors (Lipinski definition) is 1. The smallest absolute Gasteiger partial charge is 0.306 e. The second kappa shape index (κ2) is 34.0. The average Bonchev–Trinajstić information content (AvgIpc) is 3.94. The van der Waals surface area contributed by atoms with Gasteiger partial charge in [0.15, 0.2) is 0 Å². The fourth-order valence-corrected chi connectivity index (χ4v) is 7.06. The lowest BCUT2D eigenvalue weighted by atomic mass is 10.0. The maximum atomic E-state index is 12.7. The summed E-state index contributed by atoms with van der Waals surface area (Å²) >= 11 is 0. The van der Waals surface area contributed by atoms with E-state index in [4.69, 9.17) is 9.47 Å². The van der Waals surface area contributed by atoms with Crippen LogP contribution in [-0.2, 0) is 19.1 Å². The summed E-state index contributed by atoms with van der Waals surface area (Å²) in [5.74, 6) is 0.620. The van der Waals surface area contributed by atoms with Crippen molar-refractivity contribution < 1.29 is 24.2 Å². The van der Waals surface area contributed by atoms with Gasteiger partial charge in [-0.15, -0.1) is 0 Å². The number of nitrogens with zero attached hydrogens (tertiary/aromatic N) is 1. The Labute approximate surface area is 304 Å². The Kier molecular flexibility index (Phi) is 31.8. The third-order valence-electron chi connectivity index (χ3n) is 10.5. The molecular weight excluding hydrogens is 610 g/mol. The van der Waals surface area contributed by atoms with Crippen molar-refractivity contribution in [3.05, 3.63) is 0 Å². The number of hydrogen-bond acceptors (Lipinski definition) is 6. The molecule has 0 aromatic heterocycles. The summed E-state index contributed by atoms with van der Waals surface area (Å²) in [4.78, 5) is 27.5. The summed E-state index contributed by atoms with van der Waals surface area (Å²) in [6.45, 7) is 9.63. The zero-order valence-electron chi connectivity index (χ0n) is 33.0. The topological polar surface area (TPSA) is 76.1 Å². The Balaban J connectivity index is 2.16. The van der Waals surface area contributed by atoms with E-state index >= 15 is 0 Å². The Morgan fingerprint density at radius 1 is 0.531 bits per heavy atom. The van der Waals surface area contributed by atoms with Crippen LogP contribution >= 0.6 is 0 Å². The van der Waals surface area contributed by atoms with Gasteiger partial charge in [-0.2, -0.15) is 0 Å². The van der Waals surface area contributed by atoms with Gasteiger partial charge in [-0.05, 0) is 96.1 Å². The average molecular weight is 694 g/mol. The number of ether oxygens (including phenoxy) is 2. The third kappa shape index (κ3) is 29.2. The van der Waals surface area contributed by atoms with E-state index in [0.717, 1.165) is 83.7 Å². The number of rotatable bonds is 38. The van der Waals surface area contributed by atoms with Crippen LogP contribution in [0.15, 0.2) is 0 Å². The predicted molar refractivity (Wildman–Crippen MR) is 207 cm³/mol. The molecule has 1 aliphatic carbocycles. The second-order valence-corrected chi connectivity index (χ2v) is 15.3. The van der Waals surface area contributed by atoms with Gasteiger partial charge in [-0.1, -0.05) is 130 Å². The Hall–Kier alpha value is -1.14. The van der Waals surface area contributed by atoms with E-state index in [1.165, 1.54) is 116 Å². The number of carbonyl (C=O) groups excluding carboxylic acids is 2. The van der Waals surface area contributed by atoms with Gasteiger partial charge >= 0.3 is 11.9 Å². The number of aliphatic hydroxyl groups is 1. The molecule has 0 aromatic carbocycles. The monoisotopic (exact) mass is 694 g/mol. The first-order valence-corrected chi connectivity index (χ1v) is 21.8. The van der Waals surface area contributed by atoms with Crippen LogP contribution in [0.1, 0.15) is 220 Å². The minimum atomic E-state index is -0.00554. The summed E-state index contributed by atoms with van der Waals surface area (Å²) < 4.78 is 11.9. The minimum absolute atomic E-state index is 0.00554. The van der Waals surface area contributed by atoms with Gasteiger partial charge in [0.25, 0.3) is 0 Å². The van der Waals surface area contributed by atoms with E-state index < -0.39 is 0 Å². The van der Waals surface area contributed by atoms with E-state index in [1.807, 2.05) is 0 Å². The number of aliphatic hydroxyl groups excluding tert-OH is 1. The molecular formula is C43H83NO5. The van der Waals surface area contributed by atoms with Gasteiger partial charge < -0.3 is 19.5 Å². The maximum Gasteiger partial charge on any atom is 0.306 e. The highest BCUT2D eigenvalue weighted by Crippen LogP contribution is 2.37. The van der Waals surface area contributed by atoms with Crippen LogP contribution in [0.3, 0.4) is 0 Å². The molecule has 0 bridgehead atoms. The van der Waals surface area contributed by atoms with Gasteiger partial charge in [0.2, 0.25) is 0 Å². The second-order valence-electron chi connectivity index (χ2n) is 15.3. The van der Waals surface area contributed by atoms with Crippen molar-refractivity contribution in [1.82, 2.24) is 4.90 Å². The van der Waals surface area contributed by atoms with Crippen LogP contribution in [0, 0.1) is 5.92 Å². The Morgan fingerprint density at radius 2 is 0.939 bits per heavy atom. The van der Waals surface area contributed by atoms with E-state index in [0.29, 0.717) is 25.3 Å². The lowest BCUT2D eigenvalue weighted by Crippen LogP contribution is -2.29. The largest absolute Gasteiger partial charge is 0.462 e. The highest BCUT2D eigenvalue weighted by molar-refractivity contribution is 5.69. The molecule has 6 heteroatoms. The Bertz CT molecular complexity index is 726. The van der Waals surface area contributed by atoms with E-state index in [-0.39, 0.29) is 30.8 Å². The van der Waals surface area contributed by atoms with Gasteiger partial charge in [0.1, 0.15) is 12.2 Å². The molecule has 1 fully saturated rings. The van der Waals surface area contributed by atoms with Crippen molar-refractivity contribution in [2.45, 2.75) is 232 Å². The molecule has 1 unspecified atom stereocenters. The summed E-state index contributed by atoms with van der Waals surface area (Å²) in [5, 5.41) is 9.56. The summed E-state index contributed by atoms with van der Waals surface area (Å²) in [5.41, 5.74) is 0. The molecule has 0 saturated heterocycles. The quantitative estimate of drug-likeness (QED) is 0.0512. The fraction of sp³-hybridized carbons (Fsp3) is 0.953. The van der Waals surface area contributed by atoms with Crippen molar-refractivity contribution >= 4 is 11.9 Å².